The molecule has 3 N–H and O–H groups in total. The van der Waals surface area contributed by atoms with Crippen LogP contribution in [0.3, 0.4) is 0 Å². The molecular formula is C23H24O6. The van der Waals surface area contributed by atoms with Crippen LogP contribution in [0.5, 0.6) is 23.0 Å². The van der Waals surface area contributed by atoms with Gasteiger partial charge in [-0.15, -0.1) is 6.58 Å². The zero-order valence-corrected chi connectivity index (χ0v) is 17.1. The Bertz CT molecular complexity index is 1260. The molecule has 6 nitrogen and oxygen atoms in total. The molecule has 4 rings (SSSR count). The molecule has 0 spiro atoms. The first kappa shape index (κ1) is 19.2. The standard InChI is InChI=1S/C23H24O6/c1-7-22(3,4)14-18(27)13-16(25)11-8-9-12(24)17(26)19(11)29-20(13)15-21(14)28-10(2)23(15,5)6/h7-10,24,26-27H,1H2,2-6H3. The van der Waals surface area contributed by atoms with Crippen LogP contribution in [0, 0.1) is 0 Å². The van der Waals surface area contributed by atoms with Gasteiger partial charge in [0.1, 0.15) is 28.6 Å². The smallest absolute Gasteiger partial charge is 0.204 e. The molecule has 2 aromatic carbocycles. The maximum atomic E-state index is 13.4. The Morgan fingerprint density at radius 1 is 1.14 bits per heavy atom. The fourth-order valence-electron chi connectivity index (χ4n) is 4.02. The van der Waals surface area contributed by atoms with Crippen molar-refractivity contribution in [2.75, 3.05) is 0 Å². The Balaban J connectivity index is 2.35. The van der Waals surface area contributed by atoms with E-state index in [0.717, 1.165) is 0 Å². The topological polar surface area (TPSA) is 100 Å². The van der Waals surface area contributed by atoms with E-state index < -0.39 is 27.8 Å². The largest absolute Gasteiger partial charge is 0.507 e. The van der Waals surface area contributed by atoms with Gasteiger partial charge in [0.15, 0.2) is 11.3 Å². The second-order valence-corrected chi connectivity index (χ2v) is 8.78. The molecule has 1 aliphatic rings. The van der Waals surface area contributed by atoms with E-state index in [9.17, 15) is 20.1 Å². The van der Waals surface area contributed by atoms with Crippen molar-refractivity contribution in [2.45, 2.75) is 51.6 Å². The molecule has 0 saturated carbocycles. The van der Waals surface area contributed by atoms with Crippen molar-refractivity contribution in [3.05, 3.63) is 46.1 Å². The average Bonchev–Trinajstić information content (AvgIpc) is 2.87. The zero-order valence-electron chi connectivity index (χ0n) is 17.1. The van der Waals surface area contributed by atoms with Gasteiger partial charge in [0, 0.05) is 22.0 Å². The highest BCUT2D eigenvalue weighted by Gasteiger charge is 2.46. The normalized spacial score (nSPS) is 18.0. The van der Waals surface area contributed by atoms with Crippen molar-refractivity contribution >= 4 is 21.9 Å². The third kappa shape index (κ3) is 2.32. The highest BCUT2D eigenvalue weighted by Crippen LogP contribution is 2.55. The minimum Gasteiger partial charge on any atom is -0.507 e. The SMILES string of the molecule is C=CC(C)(C)c1c2c(c3oc4c(O)c(O)ccc4c(=O)c3c1O)C(C)(C)C(C)O2. The highest BCUT2D eigenvalue weighted by molar-refractivity contribution is 6.00. The number of ether oxygens (including phenoxy) is 1. The molecule has 1 aromatic heterocycles. The molecule has 0 amide bonds. The number of phenols is 3. The molecule has 1 unspecified atom stereocenters. The van der Waals surface area contributed by atoms with Crippen LogP contribution in [0.25, 0.3) is 21.9 Å². The van der Waals surface area contributed by atoms with Crippen molar-refractivity contribution in [3.8, 4) is 23.0 Å². The van der Waals surface area contributed by atoms with Gasteiger partial charge in [-0.2, -0.15) is 0 Å². The minimum absolute atomic E-state index is 0.0250. The van der Waals surface area contributed by atoms with Crippen molar-refractivity contribution < 1.29 is 24.5 Å². The van der Waals surface area contributed by atoms with Crippen LogP contribution in [0.2, 0.25) is 0 Å². The fourth-order valence-corrected chi connectivity index (χ4v) is 4.02. The lowest BCUT2D eigenvalue weighted by Gasteiger charge is -2.26. The second-order valence-electron chi connectivity index (χ2n) is 8.78. The zero-order chi connectivity index (χ0) is 21.5. The van der Waals surface area contributed by atoms with Crippen LogP contribution in [-0.2, 0) is 10.8 Å². The summed E-state index contributed by atoms with van der Waals surface area (Å²) in [5.41, 5.74) is -0.575. The van der Waals surface area contributed by atoms with Crippen molar-refractivity contribution in [3.63, 3.8) is 0 Å². The predicted molar refractivity (Wildman–Crippen MR) is 111 cm³/mol. The van der Waals surface area contributed by atoms with Gasteiger partial charge in [0.25, 0.3) is 0 Å². The highest BCUT2D eigenvalue weighted by atomic mass is 16.5. The number of fused-ring (bicyclic) bond motifs is 4. The van der Waals surface area contributed by atoms with Crippen LogP contribution >= 0.6 is 0 Å². The maximum absolute atomic E-state index is 13.4. The Hall–Kier alpha value is -3.15. The molecule has 0 aliphatic carbocycles. The van der Waals surface area contributed by atoms with Gasteiger partial charge < -0.3 is 24.5 Å². The summed E-state index contributed by atoms with van der Waals surface area (Å²) in [5, 5.41) is 31.4. The second kappa shape index (κ2) is 5.69. The monoisotopic (exact) mass is 396 g/mol. The minimum atomic E-state index is -0.680. The fraction of sp³-hybridized carbons (Fsp3) is 0.348. The lowest BCUT2D eigenvalue weighted by Crippen LogP contribution is -2.29. The summed E-state index contributed by atoms with van der Waals surface area (Å²) in [6.45, 7) is 13.5. The summed E-state index contributed by atoms with van der Waals surface area (Å²) in [4.78, 5) is 13.4. The summed E-state index contributed by atoms with van der Waals surface area (Å²) < 4.78 is 12.1. The molecule has 6 heteroatoms. The van der Waals surface area contributed by atoms with E-state index in [1.807, 2.05) is 34.6 Å². The van der Waals surface area contributed by atoms with Gasteiger partial charge >= 0.3 is 0 Å². The predicted octanol–water partition coefficient (Wildman–Crippen LogP) is 4.59. The number of hydrogen-bond donors (Lipinski definition) is 3. The van der Waals surface area contributed by atoms with E-state index in [1.54, 1.807) is 6.08 Å². The van der Waals surface area contributed by atoms with Crippen LogP contribution in [0.1, 0.15) is 45.7 Å². The average molecular weight is 396 g/mol. The van der Waals surface area contributed by atoms with E-state index in [4.69, 9.17) is 9.15 Å². The van der Waals surface area contributed by atoms with E-state index in [0.29, 0.717) is 16.9 Å². The van der Waals surface area contributed by atoms with E-state index in [1.165, 1.54) is 12.1 Å². The number of benzene rings is 2. The van der Waals surface area contributed by atoms with Gasteiger partial charge in [-0.05, 0) is 19.1 Å². The molecular weight excluding hydrogens is 372 g/mol. The molecule has 3 aromatic rings. The number of rotatable bonds is 2. The van der Waals surface area contributed by atoms with E-state index in [2.05, 4.69) is 6.58 Å². The van der Waals surface area contributed by atoms with E-state index >= 15 is 0 Å². The first-order valence-electron chi connectivity index (χ1n) is 9.45. The number of aromatic hydroxyl groups is 3. The van der Waals surface area contributed by atoms with Crippen LogP contribution < -0.4 is 10.2 Å². The first-order chi connectivity index (χ1) is 13.4. The number of hydrogen-bond acceptors (Lipinski definition) is 6. The van der Waals surface area contributed by atoms with Crippen LogP contribution in [0.4, 0.5) is 0 Å². The number of phenolic OH excluding ortho intramolecular Hbond substituents is 3. The first-order valence-corrected chi connectivity index (χ1v) is 9.45. The maximum Gasteiger partial charge on any atom is 0.204 e. The lowest BCUT2D eigenvalue weighted by molar-refractivity contribution is 0.183. The summed E-state index contributed by atoms with van der Waals surface area (Å²) in [5.74, 6) is -0.680. The molecule has 0 radical (unpaired) electrons. The lowest BCUT2D eigenvalue weighted by atomic mass is 9.76. The summed E-state index contributed by atoms with van der Waals surface area (Å²) >= 11 is 0. The van der Waals surface area contributed by atoms with Crippen molar-refractivity contribution in [2.24, 2.45) is 0 Å². The van der Waals surface area contributed by atoms with Gasteiger partial charge in [-0.25, -0.2) is 0 Å². The molecule has 29 heavy (non-hydrogen) atoms. The molecule has 0 bridgehead atoms. The molecule has 1 aliphatic heterocycles. The van der Waals surface area contributed by atoms with Crippen LogP contribution in [-0.4, -0.2) is 21.4 Å². The van der Waals surface area contributed by atoms with Gasteiger partial charge in [0.05, 0.1) is 5.39 Å². The molecule has 0 saturated heterocycles. The molecule has 2 heterocycles. The Morgan fingerprint density at radius 2 is 1.79 bits per heavy atom. The summed E-state index contributed by atoms with van der Waals surface area (Å²) in [6.07, 6.45) is 1.45. The third-order valence-corrected chi connectivity index (χ3v) is 6.28. The molecule has 0 fully saturated rings. The van der Waals surface area contributed by atoms with Crippen LogP contribution in [0.15, 0.2) is 34.0 Å². The Kier molecular flexibility index (Phi) is 3.76. The quantitative estimate of drug-likeness (QED) is 0.333. The van der Waals surface area contributed by atoms with Gasteiger partial charge in [0.2, 0.25) is 11.2 Å². The third-order valence-electron chi connectivity index (χ3n) is 6.28. The Labute approximate surface area is 167 Å². The summed E-state index contributed by atoms with van der Waals surface area (Å²) in [6, 6.07) is 2.58. The van der Waals surface area contributed by atoms with Crippen molar-refractivity contribution in [1.82, 2.24) is 0 Å². The van der Waals surface area contributed by atoms with Crippen molar-refractivity contribution in [1.29, 1.82) is 0 Å². The van der Waals surface area contributed by atoms with E-state index in [-0.39, 0.29) is 33.8 Å². The molecule has 152 valence electrons. The van der Waals surface area contributed by atoms with Gasteiger partial charge in [-0.3, -0.25) is 4.79 Å². The molecule has 1 atom stereocenters. The Morgan fingerprint density at radius 3 is 2.41 bits per heavy atom. The number of allylic oxidation sites excluding steroid dienone is 1. The van der Waals surface area contributed by atoms with Gasteiger partial charge in [-0.1, -0.05) is 33.8 Å². The summed E-state index contributed by atoms with van der Waals surface area (Å²) in [7, 11) is 0.